The zero-order valence-electron chi connectivity index (χ0n) is 9.30. The topological polar surface area (TPSA) is 38.3 Å². The van der Waals surface area contributed by atoms with E-state index in [2.05, 4.69) is 10.1 Å². The molecule has 0 aliphatic rings. The summed E-state index contributed by atoms with van der Waals surface area (Å²) in [5.41, 5.74) is -0.183. The number of rotatable bonds is 3. The van der Waals surface area contributed by atoms with E-state index in [1.165, 1.54) is 19.2 Å². The Hall–Kier alpha value is -1.65. The van der Waals surface area contributed by atoms with Gasteiger partial charge >= 0.3 is 0 Å². The van der Waals surface area contributed by atoms with E-state index in [1.807, 2.05) is 0 Å². The average molecular weight is 229 g/mol. The van der Waals surface area contributed by atoms with Crippen molar-refractivity contribution < 1.29 is 18.3 Å². The first-order chi connectivity index (χ1) is 7.47. The Labute approximate surface area is 92.4 Å². The first-order valence-electron chi connectivity index (χ1n) is 4.80. The number of anilines is 1. The zero-order chi connectivity index (χ0) is 12.3. The fourth-order valence-electron chi connectivity index (χ4n) is 1.06. The molecule has 0 aliphatic heterocycles. The van der Waals surface area contributed by atoms with Crippen LogP contribution in [0.15, 0.2) is 12.1 Å². The van der Waals surface area contributed by atoms with Gasteiger partial charge in [0.2, 0.25) is 11.7 Å². The fourth-order valence-corrected chi connectivity index (χ4v) is 1.06. The van der Waals surface area contributed by atoms with Crippen molar-refractivity contribution in [3.05, 3.63) is 23.8 Å². The van der Waals surface area contributed by atoms with Gasteiger partial charge in [-0.1, -0.05) is 13.8 Å². The van der Waals surface area contributed by atoms with Crippen molar-refractivity contribution >= 4 is 11.6 Å². The fraction of sp³-hybridized carbons (Fsp3) is 0.364. The Morgan fingerprint density at radius 3 is 2.44 bits per heavy atom. The van der Waals surface area contributed by atoms with E-state index < -0.39 is 11.6 Å². The molecule has 0 heterocycles. The quantitative estimate of drug-likeness (QED) is 0.865. The van der Waals surface area contributed by atoms with Gasteiger partial charge in [-0.2, -0.15) is 4.39 Å². The van der Waals surface area contributed by atoms with E-state index in [9.17, 15) is 13.6 Å². The van der Waals surface area contributed by atoms with Crippen molar-refractivity contribution in [1.29, 1.82) is 0 Å². The number of benzene rings is 1. The lowest BCUT2D eigenvalue weighted by Crippen LogP contribution is -2.18. The lowest BCUT2D eigenvalue weighted by atomic mass is 10.2. The van der Waals surface area contributed by atoms with E-state index in [-0.39, 0.29) is 23.3 Å². The molecule has 0 fully saturated rings. The van der Waals surface area contributed by atoms with Crippen LogP contribution in [-0.4, -0.2) is 13.0 Å². The van der Waals surface area contributed by atoms with E-state index in [0.717, 1.165) is 0 Å². The van der Waals surface area contributed by atoms with Crippen molar-refractivity contribution in [2.24, 2.45) is 5.92 Å². The molecule has 16 heavy (non-hydrogen) atoms. The molecule has 0 bridgehead atoms. The van der Waals surface area contributed by atoms with Crippen LogP contribution in [0.4, 0.5) is 14.5 Å². The maximum atomic E-state index is 13.4. The average Bonchev–Trinajstić information content (AvgIpc) is 2.25. The summed E-state index contributed by atoms with van der Waals surface area (Å²) < 4.78 is 31.3. The van der Waals surface area contributed by atoms with E-state index in [4.69, 9.17) is 0 Å². The van der Waals surface area contributed by atoms with Gasteiger partial charge in [0, 0.05) is 5.92 Å². The standard InChI is InChI=1S/C11H13F2NO2/c1-6(2)11(15)14-7-4-5-8(16-3)10(13)9(7)12/h4-6H,1-3H3,(H,14,15). The van der Waals surface area contributed by atoms with Crippen LogP contribution in [-0.2, 0) is 4.79 Å². The molecule has 0 aromatic heterocycles. The molecule has 0 aliphatic carbocycles. The summed E-state index contributed by atoms with van der Waals surface area (Å²) in [7, 11) is 1.24. The van der Waals surface area contributed by atoms with Crippen molar-refractivity contribution in [2.45, 2.75) is 13.8 Å². The van der Waals surface area contributed by atoms with Crippen LogP contribution in [0.3, 0.4) is 0 Å². The summed E-state index contributed by atoms with van der Waals surface area (Å²) in [6.45, 7) is 3.32. The molecular weight excluding hydrogens is 216 g/mol. The second kappa shape index (κ2) is 4.92. The minimum atomic E-state index is -1.12. The molecule has 3 nitrogen and oxygen atoms in total. The van der Waals surface area contributed by atoms with E-state index in [0.29, 0.717) is 0 Å². The number of halogens is 2. The number of methoxy groups -OCH3 is 1. The highest BCUT2D eigenvalue weighted by molar-refractivity contribution is 5.92. The van der Waals surface area contributed by atoms with Crippen LogP contribution in [0.5, 0.6) is 5.75 Å². The minimum Gasteiger partial charge on any atom is -0.494 e. The molecule has 0 saturated heterocycles. The molecule has 1 aromatic rings. The highest BCUT2D eigenvalue weighted by Gasteiger charge is 2.16. The third-order valence-electron chi connectivity index (χ3n) is 2.05. The highest BCUT2D eigenvalue weighted by atomic mass is 19.2. The molecule has 0 unspecified atom stereocenters. The summed E-state index contributed by atoms with van der Waals surface area (Å²) in [5.74, 6) is -3.09. The van der Waals surface area contributed by atoms with Crippen molar-refractivity contribution in [1.82, 2.24) is 0 Å². The predicted molar refractivity (Wildman–Crippen MR) is 56.4 cm³/mol. The SMILES string of the molecule is COc1ccc(NC(=O)C(C)C)c(F)c1F. The van der Waals surface area contributed by atoms with Gasteiger partial charge in [0.25, 0.3) is 0 Å². The number of hydrogen-bond donors (Lipinski definition) is 1. The number of carbonyl (C=O) groups is 1. The minimum absolute atomic E-state index is 0.183. The molecular formula is C11H13F2NO2. The van der Waals surface area contributed by atoms with Crippen molar-refractivity contribution in [3.8, 4) is 5.75 Å². The first-order valence-corrected chi connectivity index (χ1v) is 4.80. The van der Waals surface area contributed by atoms with Gasteiger partial charge < -0.3 is 10.1 Å². The summed E-state index contributed by atoms with van der Waals surface area (Å²) >= 11 is 0. The van der Waals surface area contributed by atoms with Crippen molar-refractivity contribution in [2.75, 3.05) is 12.4 Å². The van der Waals surface area contributed by atoms with E-state index in [1.54, 1.807) is 13.8 Å². The molecule has 1 aromatic carbocycles. The maximum Gasteiger partial charge on any atom is 0.227 e. The Morgan fingerprint density at radius 2 is 1.94 bits per heavy atom. The molecule has 1 N–H and O–H groups in total. The van der Waals surface area contributed by atoms with Crippen LogP contribution in [0, 0.1) is 17.6 Å². The highest BCUT2D eigenvalue weighted by Crippen LogP contribution is 2.25. The van der Waals surface area contributed by atoms with Crippen molar-refractivity contribution in [3.63, 3.8) is 0 Å². The predicted octanol–water partition coefficient (Wildman–Crippen LogP) is 2.57. The summed E-state index contributed by atoms with van der Waals surface area (Å²) in [6, 6.07) is 2.52. The maximum absolute atomic E-state index is 13.4. The van der Waals surface area contributed by atoms with Gasteiger partial charge in [-0.25, -0.2) is 4.39 Å². The van der Waals surface area contributed by atoms with Crippen LogP contribution in [0.1, 0.15) is 13.8 Å². The lowest BCUT2D eigenvalue weighted by molar-refractivity contribution is -0.118. The lowest BCUT2D eigenvalue weighted by Gasteiger charge is -2.10. The second-order valence-electron chi connectivity index (χ2n) is 3.59. The smallest absolute Gasteiger partial charge is 0.227 e. The number of carbonyl (C=O) groups excluding carboxylic acids is 1. The Bertz CT molecular complexity index is 405. The van der Waals surface area contributed by atoms with Gasteiger partial charge in [-0.3, -0.25) is 4.79 Å². The van der Waals surface area contributed by atoms with Gasteiger partial charge in [-0.05, 0) is 12.1 Å². The Kier molecular flexibility index (Phi) is 3.82. The van der Waals surface area contributed by atoms with Gasteiger partial charge in [-0.15, -0.1) is 0 Å². The third-order valence-corrected chi connectivity index (χ3v) is 2.05. The normalized spacial score (nSPS) is 10.4. The molecule has 88 valence electrons. The monoisotopic (exact) mass is 229 g/mol. The van der Waals surface area contributed by atoms with Crippen LogP contribution >= 0.6 is 0 Å². The first kappa shape index (κ1) is 12.4. The summed E-state index contributed by atoms with van der Waals surface area (Å²) in [5, 5.41) is 2.29. The molecule has 1 rings (SSSR count). The number of hydrogen-bond acceptors (Lipinski definition) is 2. The number of amides is 1. The molecule has 0 saturated carbocycles. The van der Waals surface area contributed by atoms with Gasteiger partial charge in [0.1, 0.15) is 0 Å². The molecule has 0 spiro atoms. The molecule has 0 atom stereocenters. The Balaban J connectivity index is 2.99. The third kappa shape index (κ3) is 2.48. The molecule has 0 radical (unpaired) electrons. The summed E-state index contributed by atoms with van der Waals surface area (Å²) in [6.07, 6.45) is 0. The second-order valence-corrected chi connectivity index (χ2v) is 3.59. The van der Waals surface area contributed by atoms with E-state index >= 15 is 0 Å². The van der Waals surface area contributed by atoms with Gasteiger partial charge in [0.05, 0.1) is 12.8 Å². The molecule has 5 heteroatoms. The number of nitrogens with one attached hydrogen (secondary N) is 1. The van der Waals surface area contributed by atoms with Gasteiger partial charge in [0.15, 0.2) is 11.6 Å². The molecule has 1 amide bonds. The van der Waals surface area contributed by atoms with Crippen LogP contribution in [0.25, 0.3) is 0 Å². The number of ether oxygens (including phenoxy) is 1. The van der Waals surface area contributed by atoms with Crippen LogP contribution < -0.4 is 10.1 Å². The zero-order valence-corrected chi connectivity index (χ0v) is 9.30. The largest absolute Gasteiger partial charge is 0.494 e. The Morgan fingerprint density at radius 1 is 1.31 bits per heavy atom. The van der Waals surface area contributed by atoms with Crippen LogP contribution in [0.2, 0.25) is 0 Å². The summed E-state index contributed by atoms with van der Waals surface area (Å²) in [4.78, 5) is 11.3.